The third-order valence-corrected chi connectivity index (χ3v) is 5.37. The lowest BCUT2D eigenvalue weighted by atomic mass is 10.0. The molecule has 3 aromatic heterocycles. The normalized spacial score (nSPS) is 12.2. The predicted molar refractivity (Wildman–Crippen MR) is 118 cm³/mol. The highest BCUT2D eigenvalue weighted by Crippen LogP contribution is 2.27. The second-order valence-corrected chi connectivity index (χ2v) is 8.07. The monoisotopic (exact) mass is 468 g/mol. The van der Waals surface area contributed by atoms with Crippen LogP contribution in [-0.2, 0) is 11.2 Å². The van der Waals surface area contributed by atoms with Crippen LogP contribution in [0, 0.1) is 17.6 Å². The Labute approximate surface area is 193 Å². The molecule has 4 rings (SSSR count). The molecule has 0 bridgehead atoms. The van der Waals surface area contributed by atoms with Crippen molar-refractivity contribution in [2.75, 3.05) is 11.9 Å². The number of hydrogen-bond donors (Lipinski definition) is 1. The molecule has 176 valence electrons. The van der Waals surface area contributed by atoms with Crippen molar-refractivity contribution in [2.24, 2.45) is 5.92 Å². The second kappa shape index (κ2) is 9.38. The number of carbonyl (C=O) groups is 1. The fourth-order valence-corrected chi connectivity index (χ4v) is 3.77. The molecule has 34 heavy (non-hydrogen) atoms. The van der Waals surface area contributed by atoms with Crippen molar-refractivity contribution >= 4 is 11.8 Å². The Bertz CT molecular complexity index is 1310. The van der Waals surface area contributed by atoms with Crippen LogP contribution in [0.4, 0.5) is 14.6 Å². The lowest BCUT2D eigenvalue weighted by Gasteiger charge is -2.28. The molecule has 1 N–H and O–H groups in total. The van der Waals surface area contributed by atoms with Gasteiger partial charge in [-0.3, -0.25) is 0 Å². The summed E-state index contributed by atoms with van der Waals surface area (Å²) in [5.41, 5.74) is 1.94. The van der Waals surface area contributed by atoms with Crippen molar-refractivity contribution < 1.29 is 23.2 Å². The van der Waals surface area contributed by atoms with E-state index in [4.69, 9.17) is 4.52 Å². The summed E-state index contributed by atoms with van der Waals surface area (Å²) in [6.07, 6.45) is 4.10. The van der Waals surface area contributed by atoms with E-state index in [0.29, 0.717) is 22.5 Å². The summed E-state index contributed by atoms with van der Waals surface area (Å²) in [5, 5.41) is 18.0. The van der Waals surface area contributed by atoms with Crippen LogP contribution in [0.3, 0.4) is 0 Å². The predicted octanol–water partition coefficient (Wildman–Crippen LogP) is 3.73. The van der Waals surface area contributed by atoms with Crippen LogP contribution in [0.2, 0.25) is 0 Å². The van der Waals surface area contributed by atoms with Gasteiger partial charge in [-0.15, -0.1) is 0 Å². The van der Waals surface area contributed by atoms with Crippen LogP contribution in [-0.4, -0.2) is 49.1 Å². The first kappa shape index (κ1) is 23.0. The molecule has 1 atom stereocenters. The number of aromatic nitrogens is 5. The first-order valence-electron chi connectivity index (χ1n) is 10.5. The van der Waals surface area contributed by atoms with E-state index >= 15 is 0 Å². The van der Waals surface area contributed by atoms with E-state index in [0.717, 1.165) is 6.20 Å². The Morgan fingerprint density at radius 2 is 1.97 bits per heavy atom. The van der Waals surface area contributed by atoms with Crippen molar-refractivity contribution in [2.45, 2.75) is 26.3 Å². The molecule has 0 aliphatic heterocycles. The Morgan fingerprint density at radius 3 is 2.62 bits per heavy atom. The minimum Gasteiger partial charge on any atom is -0.480 e. The van der Waals surface area contributed by atoms with Gasteiger partial charge in [0.15, 0.2) is 11.6 Å². The van der Waals surface area contributed by atoms with Gasteiger partial charge in [0.05, 0.1) is 11.9 Å². The molecule has 0 unspecified atom stereocenters. The number of benzene rings is 1. The van der Waals surface area contributed by atoms with Gasteiger partial charge in [0.1, 0.15) is 23.8 Å². The number of nitrogens with zero attached hydrogens (tertiary/aromatic N) is 6. The maximum absolute atomic E-state index is 14.6. The van der Waals surface area contributed by atoms with Gasteiger partial charge in [0, 0.05) is 31.3 Å². The van der Waals surface area contributed by atoms with Gasteiger partial charge in [-0.25, -0.2) is 23.2 Å². The SMILES string of the molecule is CC(C)[C@@H](C(=O)O)N(C)c1nc(-n2cc(-c3ccon3)c(Cc3ccccc3F)n2)ncc1F. The molecule has 4 aromatic rings. The maximum atomic E-state index is 14.6. The van der Waals surface area contributed by atoms with Gasteiger partial charge < -0.3 is 14.5 Å². The highest BCUT2D eigenvalue weighted by atomic mass is 19.1. The summed E-state index contributed by atoms with van der Waals surface area (Å²) in [7, 11) is 1.46. The number of rotatable bonds is 8. The Balaban J connectivity index is 1.77. The average molecular weight is 468 g/mol. The number of halogens is 2. The van der Waals surface area contributed by atoms with Crippen molar-refractivity contribution in [3.05, 3.63) is 71.9 Å². The first-order valence-corrected chi connectivity index (χ1v) is 10.5. The summed E-state index contributed by atoms with van der Waals surface area (Å²) in [6.45, 7) is 3.45. The number of carboxylic acid groups (broad SMARTS) is 1. The third kappa shape index (κ3) is 4.49. The highest BCUT2D eigenvalue weighted by Gasteiger charge is 2.29. The molecule has 0 saturated heterocycles. The molecular formula is C23H22F2N6O3. The Hall–Kier alpha value is -4.15. The van der Waals surface area contributed by atoms with Crippen molar-refractivity contribution in [1.29, 1.82) is 0 Å². The number of hydrogen-bond acceptors (Lipinski definition) is 7. The summed E-state index contributed by atoms with van der Waals surface area (Å²) in [5.74, 6) is -2.72. The molecule has 0 amide bonds. The number of aliphatic carboxylic acids is 1. The molecule has 9 nitrogen and oxygen atoms in total. The zero-order chi connectivity index (χ0) is 24.4. The quantitative estimate of drug-likeness (QED) is 0.417. The fourth-order valence-electron chi connectivity index (χ4n) is 3.77. The van der Waals surface area contributed by atoms with E-state index in [2.05, 4.69) is 20.2 Å². The van der Waals surface area contributed by atoms with Crippen LogP contribution in [0.5, 0.6) is 0 Å². The van der Waals surface area contributed by atoms with Crippen LogP contribution in [0.1, 0.15) is 25.1 Å². The van der Waals surface area contributed by atoms with Gasteiger partial charge in [0.25, 0.3) is 5.95 Å². The largest absolute Gasteiger partial charge is 0.480 e. The van der Waals surface area contributed by atoms with Crippen molar-refractivity contribution in [3.8, 4) is 17.2 Å². The van der Waals surface area contributed by atoms with Gasteiger partial charge in [-0.2, -0.15) is 10.1 Å². The van der Waals surface area contributed by atoms with E-state index in [9.17, 15) is 18.7 Å². The molecule has 0 radical (unpaired) electrons. The van der Waals surface area contributed by atoms with E-state index in [1.165, 1.54) is 29.0 Å². The maximum Gasteiger partial charge on any atom is 0.326 e. The summed E-state index contributed by atoms with van der Waals surface area (Å²) in [4.78, 5) is 21.3. The van der Waals surface area contributed by atoms with Gasteiger partial charge in [-0.05, 0) is 17.5 Å². The Morgan fingerprint density at radius 1 is 1.21 bits per heavy atom. The lowest BCUT2D eigenvalue weighted by molar-refractivity contribution is -0.139. The zero-order valence-electron chi connectivity index (χ0n) is 18.7. The molecule has 1 aromatic carbocycles. The number of likely N-dealkylation sites (N-methyl/N-ethyl adjacent to an activating group) is 1. The topological polar surface area (TPSA) is 110 Å². The van der Waals surface area contributed by atoms with Crippen LogP contribution in [0.25, 0.3) is 17.2 Å². The first-order chi connectivity index (χ1) is 16.3. The zero-order valence-corrected chi connectivity index (χ0v) is 18.7. The molecular weight excluding hydrogens is 446 g/mol. The van der Waals surface area contributed by atoms with E-state index in [1.807, 2.05) is 0 Å². The molecule has 11 heteroatoms. The van der Waals surface area contributed by atoms with Crippen LogP contribution in [0.15, 0.2) is 53.5 Å². The third-order valence-electron chi connectivity index (χ3n) is 5.37. The van der Waals surface area contributed by atoms with Crippen molar-refractivity contribution in [1.82, 2.24) is 24.9 Å². The molecule has 0 fully saturated rings. The highest BCUT2D eigenvalue weighted by molar-refractivity contribution is 5.78. The van der Waals surface area contributed by atoms with Gasteiger partial charge in [0.2, 0.25) is 0 Å². The van der Waals surface area contributed by atoms with Crippen molar-refractivity contribution in [3.63, 3.8) is 0 Å². The van der Waals surface area contributed by atoms with Crippen LogP contribution >= 0.6 is 0 Å². The molecule has 0 spiro atoms. The van der Waals surface area contributed by atoms with E-state index in [-0.39, 0.29) is 29.9 Å². The Kier molecular flexibility index (Phi) is 6.35. The molecule has 0 aliphatic rings. The minimum atomic E-state index is -1.10. The fraction of sp³-hybridized carbons (Fsp3) is 0.261. The molecule has 0 aliphatic carbocycles. The van der Waals surface area contributed by atoms with Gasteiger partial charge in [-0.1, -0.05) is 37.2 Å². The smallest absolute Gasteiger partial charge is 0.326 e. The van der Waals surface area contributed by atoms with E-state index < -0.39 is 17.8 Å². The van der Waals surface area contributed by atoms with E-state index in [1.54, 1.807) is 44.3 Å². The summed E-state index contributed by atoms with van der Waals surface area (Å²) in [6, 6.07) is 6.97. The van der Waals surface area contributed by atoms with Gasteiger partial charge >= 0.3 is 5.97 Å². The average Bonchev–Trinajstić information content (AvgIpc) is 3.45. The number of carboxylic acids is 1. The minimum absolute atomic E-state index is 0.0145. The summed E-state index contributed by atoms with van der Waals surface area (Å²) < 4.78 is 35.2. The summed E-state index contributed by atoms with van der Waals surface area (Å²) >= 11 is 0. The lowest BCUT2D eigenvalue weighted by Crippen LogP contribution is -2.43. The molecule has 0 saturated carbocycles. The van der Waals surface area contributed by atoms with Crippen LogP contribution < -0.4 is 4.90 Å². The second-order valence-electron chi connectivity index (χ2n) is 8.07. The molecule has 3 heterocycles. The number of anilines is 1. The standard InChI is InChI=1S/C23H22F2N6O3/c1-13(2)20(22(32)33)30(3)21-17(25)11-26-23(27-21)31-12-15(18-8-9-34-29-18)19(28-31)10-14-6-4-5-7-16(14)24/h4-9,11-13,20H,10H2,1-3H3,(H,32,33)/t20-/m0/s1.